The van der Waals surface area contributed by atoms with Gasteiger partial charge in [-0.05, 0) is 18.4 Å². The van der Waals surface area contributed by atoms with Crippen LogP contribution in [-0.4, -0.2) is 29.6 Å². The molecule has 1 aromatic rings. The minimum Gasteiger partial charge on any atom is -0.480 e. The van der Waals surface area contributed by atoms with Gasteiger partial charge < -0.3 is 10.4 Å². The quantitative estimate of drug-likeness (QED) is 0.732. The Bertz CT molecular complexity index is 433. The number of carboxylic acids is 1. The van der Waals surface area contributed by atoms with Gasteiger partial charge in [-0.2, -0.15) is 0 Å². The molecular weight excluding hydrogens is 232 g/mol. The Morgan fingerprint density at radius 1 is 1.39 bits per heavy atom. The van der Waals surface area contributed by atoms with E-state index in [0.29, 0.717) is 18.5 Å². The molecule has 0 saturated carbocycles. The van der Waals surface area contributed by atoms with Crippen LogP contribution >= 0.6 is 0 Å². The molecule has 2 unspecified atom stereocenters. The number of aliphatic carboxylic acids is 1. The number of piperidine rings is 1. The third-order valence-corrected chi connectivity index (χ3v) is 3.03. The minimum absolute atomic E-state index is 0.122. The second kappa shape index (κ2) is 5.64. The molecule has 3 N–H and O–H groups in total. The third kappa shape index (κ3) is 2.87. The summed E-state index contributed by atoms with van der Waals surface area (Å²) >= 11 is 0. The van der Waals surface area contributed by atoms with Gasteiger partial charge in [0.25, 0.3) is 0 Å². The number of carboxylic acid groups (broad SMARTS) is 1. The summed E-state index contributed by atoms with van der Waals surface area (Å²) in [4.78, 5) is 22.9. The van der Waals surface area contributed by atoms with Crippen LogP contribution in [0.2, 0.25) is 0 Å². The van der Waals surface area contributed by atoms with Gasteiger partial charge >= 0.3 is 5.97 Å². The van der Waals surface area contributed by atoms with Crippen LogP contribution in [0.5, 0.6) is 0 Å². The smallest absolute Gasteiger partial charge is 0.325 e. The van der Waals surface area contributed by atoms with Crippen molar-refractivity contribution in [3.8, 4) is 0 Å². The summed E-state index contributed by atoms with van der Waals surface area (Å²) in [5.41, 5.74) is 0.656. The van der Waals surface area contributed by atoms with E-state index in [1.54, 1.807) is 24.3 Å². The zero-order valence-corrected chi connectivity index (χ0v) is 9.93. The molecular formula is C13H16N2O3. The van der Waals surface area contributed by atoms with E-state index in [1.807, 2.05) is 6.07 Å². The maximum Gasteiger partial charge on any atom is 0.325 e. The van der Waals surface area contributed by atoms with Crippen molar-refractivity contribution in [3.63, 3.8) is 0 Å². The van der Waals surface area contributed by atoms with Crippen molar-refractivity contribution in [2.75, 3.05) is 6.54 Å². The van der Waals surface area contributed by atoms with Gasteiger partial charge in [-0.1, -0.05) is 30.3 Å². The van der Waals surface area contributed by atoms with E-state index in [2.05, 4.69) is 10.6 Å². The normalized spacial score (nSPS) is 21.1. The van der Waals surface area contributed by atoms with Gasteiger partial charge in [-0.3, -0.25) is 14.9 Å². The number of hydrogen-bond acceptors (Lipinski definition) is 3. The molecule has 2 atom stereocenters. The molecule has 0 spiro atoms. The van der Waals surface area contributed by atoms with Gasteiger partial charge in [-0.25, -0.2) is 0 Å². The average Bonchev–Trinajstić information content (AvgIpc) is 2.38. The number of nitrogens with one attached hydrogen (secondary N) is 2. The summed E-state index contributed by atoms with van der Waals surface area (Å²) in [6.07, 6.45) is 1.53. The molecule has 1 heterocycles. The zero-order valence-electron chi connectivity index (χ0n) is 9.93. The summed E-state index contributed by atoms with van der Waals surface area (Å²) in [7, 11) is 0. The molecule has 0 bridgehead atoms. The van der Waals surface area contributed by atoms with Crippen molar-refractivity contribution in [1.82, 2.24) is 10.6 Å². The fourth-order valence-electron chi connectivity index (χ4n) is 2.09. The Kier molecular flexibility index (Phi) is 3.94. The molecule has 1 amide bonds. The molecule has 96 valence electrons. The lowest BCUT2D eigenvalue weighted by molar-refractivity contribution is -0.140. The summed E-state index contributed by atoms with van der Waals surface area (Å²) in [6, 6.07) is 7.61. The van der Waals surface area contributed by atoms with Crippen LogP contribution < -0.4 is 10.6 Å². The van der Waals surface area contributed by atoms with Crippen molar-refractivity contribution in [1.29, 1.82) is 0 Å². The molecule has 5 nitrogen and oxygen atoms in total. The van der Waals surface area contributed by atoms with E-state index in [4.69, 9.17) is 0 Å². The molecule has 5 heteroatoms. The van der Waals surface area contributed by atoms with Crippen LogP contribution in [0, 0.1) is 0 Å². The van der Waals surface area contributed by atoms with E-state index < -0.39 is 18.1 Å². The predicted molar refractivity (Wildman–Crippen MR) is 66.0 cm³/mol. The first kappa shape index (κ1) is 12.6. The summed E-state index contributed by atoms with van der Waals surface area (Å²) in [6.45, 7) is 0.667. The first-order valence-electron chi connectivity index (χ1n) is 6.00. The van der Waals surface area contributed by atoms with E-state index in [0.717, 1.165) is 6.42 Å². The maximum atomic E-state index is 11.6. The SMILES string of the molecule is O=C1NCCCC1NC(C(=O)O)c1ccccc1. The molecule has 0 radical (unpaired) electrons. The first-order chi connectivity index (χ1) is 8.68. The molecule has 2 rings (SSSR count). The third-order valence-electron chi connectivity index (χ3n) is 3.03. The standard InChI is InChI=1S/C13H16N2O3/c16-12-10(7-4-8-14-12)15-11(13(17)18)9-5-2-1-3-6-9/h1-3,5-6,10-11,15H,4,7-8H2,(H,14,16)(H,17,18). The fraction of sp³-hybridized carbons (Fsp3) is 0.385. The van der Waals surface area contributed by atoms with Crippen LogP contribution in [0.1, 0.15) is 24.4 Å². The van der Waals surface area contributed by atoms with Gasteiger partial charge in [0, 0.05) is 6.54 Å². The van der Waals surface area contributed by atoms with Crippen LogP contribution in [0.25, 0.3) is 0 Å². The van der Waals surface area contributed by atoms with Crippen LogP contribution in [0.4, 0.5) is 0 Å². The van der Waals surface area contributed by atoms with Crippen LogP contribution in [-0.2, 0) is 9.59 Å². The van der Waals surface area contributed by atoms with Gasteiger partial charge in [0.15, 0.2) is 0 Å². The van der Waals surface area contributed by atoms with E-state index in [1.165, 1.54) is 0 Å². The molecule has 1 aliphatic heterocycles. The molecule has 1 fully saturated rings. The highest BCUT2D eigenvalue weighted by Crippen LogP contribution is 2.15. The molecule has 1 aromatic carbocycles. The van der Waals surface area contributed by atoms with Crippen LogP contribution in [0.15, 0.2) is 30.3 Å². The van der Waals surface area contributed by atoms with Crippen molar-refractivity contribution < 1.29 is 14.7 Å². The number of rotatable bonds is 4. The van der Waals surface area contributed by atoms with Crippen molar-refractivity contribution in [2.45, 2.75) is 24.9 Å². The number of carbonyl (C=O) groups is 2. The Balaban J connectivity index is 2.12. The topological polar surface area (TPSA) is 78.4 Å². The Morgan fingerprint density at radius 2 is 2.11 bits per heavy atom. The first-order valence-corrected chi connectivity index (χ1v) is 6.00. The second-order valence-electron chi connectivity index (χ2n) is 4.33. The highest BCUT2D eigenvalue weighted by molar-refractivity contribution is 5.84. The predicted octanol–water partition coefficient (Wildman–Crippen LogP) is 0.680. The minimum atomic E-state index is -0.973. The van der Waals surface area contributed by atoms with Crippen molar-refractivity contribution >= 4 is 11.9 Å². The highest BCUT2D eigenvalue weighted by atomic mass is 16.4. The summed E-state index contributed by atoms with van der Waals surface area (Å²) < 4.78 is 0. The Morgan fingerprint density at radius 3 is 2.72 bits per heavy atom. The zero-order chi connectivity index (χ0) is 13.0. The monoisotopic (exact) mass is 248 g/mol. The molecule has 0 aromatic heterocycles. The summed E-state index contributed by atoms with van der Waals surface area (Å²) in [5, 5.41) is 14.9. The Labute approximate surface area is 105 Å². The van der Waals surface area contributed by atoms with E-state index in [-0.39, 0.29) is 5.91 Å². The largest absolute Gasteiger partial charge is 0.480 e. The van der Waals surface area contributed by atoms with Crippen molar-refractivity contribution in [2.24, 2.45) is 0 Å². The van der Waals surface area contributed by atoms with Gasteiger partial charge in [0.2, 0.25) is 5.91 Å². The molecule has 1 aliphatic rings. The molecule has 0 aliphatic carbocycles. The fourth-order valence-corrected chi connectivity index (χ4v) is 2.09. The van der Waals surface area contributed by atoms with E-state index in [9.17, 15) is 14.7 Å². The number of carbonyl (C=O) groups excluding carboxylic acids is 1. The number of benzene rings is 1. The van der Waals surface area contributed by atoms with Gasteiger partial charge in [-0.15, -0.1) is 0 Å². The second-order valence-corrected chi connectivity index (χ2v) is 4.33. The van der Waals surface area contributed by atoms with Crippen LogP contribution in [0.3, 0.4) is 0 Å². The lowest BCUT2D eigenvalue weighted by Crippen LogP contribution is -2.50. The highest BCUT2D eigenvalue weighted by Gasteiger charge is 2.28. The molecule has 18 heavy (non-hydrogen) atoms. The maximum absolute atomic E-state index is 11.6. The lowest BCUT2D eigenvalue weighted by atomic mass is 10.0. The van der Waals surface area contributed by atoms with Gasteiger partial charge in [0.1, 0.15) is 6.04 Å². The lowest BCUT2D eigenvalue weighted by Gasteiger charge is -2.26. The number of hydrogen-bond donors (Lipinski definition) is 3. The van der Waals surface area contributed by atoms with Gasteiger partial charge in [0.05, 0.1) is 6.04 Å². The average molecular weight is 248 g/mol. The Hall–Kier alpha value is -1.88. The summed E-state index contributed by atoms with van der Waals surface area (Å²) in [5.74, 6) is -1.09. The van der Waals surface area contributed by atoms with E-state index >= 15 is 0 Å². The van der Waals surface area contributed by atoms with Crippen molar-refractivity contribution in [3.05, 3.63) is 35.9 Å². The molecule has 1 saturated heterocycles. The number of amides is 1.